The summed E-state index contributed by atoms with van der Waals surface area (Å²) in [5, 5.41) is 23.6. The van der Waals surface area contributed by atoms with E-state index < -0.39 is 6.09 Å². The number of amides is 1. The minimum absolute atomic E-state index is 0.144. The highest BCUT2D eigenvalue weighted by atomic mass is 16.4. The molecule has 1 aliphatic rings. The van der Waals surface area contributed by atoms with E-state index in [4.69, 9.17) is 9.97 Å². The van der Waals surface area contributed by atoms with Gasteiger partial charge in [-0.3, -0.25) is 0 Å². The largest absolute Gasteiger partial charge is 0.507 e. The van der Waals surface area contributed by atoms with Crippen LogP contribution in [-0.2, 0) is 0 Å². The second kappa shape index (κ2) is 8.89. The maximum Gasteiger partial charge on any atom is 0.404 e. The third-order valence-corrected chi connectivity index (χ3v) is 6.42. The number of phenolic OH excluding ortho intramolecular Hbond substituents is 1. The summed E-state index contributed by atoms with van der Waals surface area (Å²) in [5.41, 5.74) is 2.32. The van der Waals surface area contributed by atoms with Crippen molar-refractivity contribution in [2.75, 3.05) is 18.0 Å². The van der Waals surface area contributed by atoms with Crippen molar-refractivity contribution in [1.82, 2.24) is 15.3 Å². The lowest BCUT2D eigenvalue weighted by Gasteiger charge is -2.42. The van der Waals surface area contributed by atoms with Crippen LogP contribution >= 0.6 is 0 Å². The number of hydrogen-bond donors (Lipinski definition) is 3. The number of carbonyl (C=O) groups is 1. The topological polar surface area (TPSA) is 98.6 Å². The number of nitrogens with zero attached hydrogens (tertiary/aromatic N) is 3. The molecule has 33 heavy (non-hydrogen) atoms. The first-order chi connectivity index (χ1) is 15.6. The van der Waals surface area contributed by atoms with Gasteiger partial charge in [-0.25, -0.2) is 14.8 Å². The molecule has 2 heterocycles. The van der Waals surface area contributed by atoms with Crippen LogP contribution in [-0.4, -0.2) is 45.4 Å². The summed E-state index contributed by atoms with van der Waals surface area (Å²) in [4.78, 5) is 23.5. The summed E-state index contributed by atoms with van der Waals surface area (Å²) in [5.74, 6) is 1.61. The number of phenols is 1. The van der Waals surface area contributed by atoms with E-state index in [0.717, 1.165) is 41.7 Å². The van der Waals surface area contributed by atoms with Gasteiger partial charge in [0.05, 0.1) is 11.1 Å². The van der Waals surface area contributed by atoms with Crippen LogP contribution in [0.2, 0.25) is 0 Å². The van der Waals surface area contributed by atoms with Gasteiger partial charge in [0.2, 0.25) is 0 Å². The fraction of sp³-hybridized carbons (Fsp3) is 0.423. The number of hydrogen-bond acceptors (Lipinski definition) is 5. The average Bonchev–Trinajstić information content (AvgIpc) is 2.76. The van der Waals surface area contributed by atoms with Gasteiger partial charge in [-0.15, -0.1) is 0 Å². The van der Waals surface area contributed by atoms with Crippen molar-refractivity contribution in [3.63, 3.8) is 0 Å². The molecule has 1 amide bonds. The van der Waals surface area contributed by atoms with Crippen LogP contribution in [0.15, 0.2) is 42.5 Å². The van der Waals surface area contributed by atoms with Gasteiger partial charge in [-0.1, -0.05) is 39.0 Å². The Morgan fingerprint density at radius 1 is 1.18 bits per heavy atom. The Morgan fingerprint density at radius 3 is 2.64 bits per heavy atom. The predicted octanol–water partition coefficient (Wildman–Crippen LogP) is 5.21. The van der Waals surface area contributed by atoms with E-state index in [2.05, 4.69) is 43.1 Å². The zero-order valence-corrected chi connectivity index (χ0v) is 19.7. The van der Waals surface area contributed by atoms with E-state index in [1.54, 1.807) is 12.1 Å². The van der Waals surface area contributed by atoms with Crippen molar-refractivity contribution in [2.24, 2.45) is 11.3 Å². The molecule has 0 radical (unpaired) electrons. The number of rotatable bonds is 4. The molecule has 174 valence electrons. The number of nitrogens with one attached hydrogen (secondary N) is 1. The third kappa shape index (κ3) is 4.87. The fourth-order valence-corrected chi connectivity index (χ4v) is 4.90. The Bertz CT molecular complexity index is 1170. The van der Waals surface area contributed by atoms with Crippen LogP contribution < -0.4 is 10.2 Å². The summed E-state index contributed by atoms with van der Waals surface area (Å²) in [7, 11) is 0. The van der Waals surface area contributed by atoms with Gasteiger partial charge in [0.25, 0.3) is 0 Å². The van der Waals surface area contributed by atoms with Crippen LogP contribution in [0.5, 0.6) is 5.75 Å². The Morgan fingerprint density at radius 2 is 1.94 bits per heavy atom. The second-order valence-electron chi connectivity index (χ2n) is 10.1. The normalized spacial score (nSPS) is 17.7. The van der Waals surface area contributed by atoms with E-state index in [0.29, 0.717) is 17.9 Å². The third-order valence-electron chi connectivity index (χ3n) is 6.42. The lowest BCUT2D eigenvalue weighted by atomic mass is 9.76. The molecule has 4 rings (SSSR count). The summed E-state index contributed by atoms with van der Waals surface area (Å²) >= 11 is 0. The highest BCUT2D eigenvalue weighted by molar-refractivity contribution is 5.92. The molecule has 1 saturated heterocycles. The van der Waals surface area contributed by atoms with Crippen molar-refractivity contribution < 1.29 is 15.0 Å². The number of carboxylic acid groups (broad SMARTS) is 1. The quantitative estimate of drug-likeness (QED) is 0.507. The Labute approximate surface area is 194 Å². The number of anilines is 1. The summed E-state index contributed by atoms with van der Waals surface area (Å²) in [6, 6.07) is 13.1. The summed E-state index contributed by atoms with van der Waals surface area (Å²) < 4.78 is 0. The maximum absolute atomic E-state index is 11.5. The van der Waals surface area contributed by atoms with Gasteiger partial charge in [0.15, 0.2) is 5.82 Å². The number of benzene rings is 2. The van der Waals surface area contributed by atoms with Crippen LogP contribution in [0.25, 0.3) is 22.3 Å². The molecule has 2 atom stereocenters. The molecule has 0 aliphatic carbocycles. The molecule has 3 N–H and O–H groups in total. The van der Waals surface area contributed by atoms with Crippen molar-refractivity contribution >= 4 is 22.8 Å². The lowest BCUT2D eigenvalue weighted by Crippen LogP contribution is -2.53. The van der Waals surface area contributed by atoms with Crippen LogP contribution in [0.3, 0.4) is 0 Å². The van der Waals surface area contributed by atoms with Crippen LogP contribution in [0.4, 0.5) is 10.6 Å². The molecular formula is C26H32N4O3. The van der Waals surface area contributed by atoms with Gasteiger partial charge in [0.1, 0.15) is 11.6 Å². The van der Waals surface area contributed by atoms with E-state index in [1.807, 2.05) is 25.1 Å². The maximum atomic E-state index is 11.5. The van der Waals surface area contributed by atoms with Crippen LogP contribution in [0.1, 0.15) is 39.2 Å². The average molecular weight is 449 g/mol. The lowest BCUT2D eigenvalue weighted by molar-refractivity contribution is 0.145. The Hall–Kier alpha value is -3.35. The van der Waals surface area contributed by atoms with Crippen molar-refractivity contribution in [1.29, 1.82) is 0 Å². The number of fused-ring (bicyclic) bond motifs is 1. The Balaban J connectivity index is 1.78. The monoisotopic (exact) mass is 448 g/mol. The minimum Gasteiger partial charge on any atom is -0.507 e. The van der Waals surface area contributed by atoms with Crippen molar-refractivity contribution in [3.8, 4) is 17.1 Å². The van der Waals surface area contributed by atoms with Gasteiger partial charge in [-0.2, -0.15) is 0 Å². The second-order valence-corrected chi connectivity index (χ2v) is 10.1. The molecular weight excluding hydrogens is 416 g/mol. The Kier molecular flexibility index (Phi) is 6.15. The molecule has 7 heteroatoms. The zero-order valence-electron chi connectivity index (χ0n) is 19.7. The van der Waals surface area contributed by atoms with E-state index in [9.17, 15) is 15.0 Å². The minimum atomic E-state index is -0.989. The highest BCUT2D eigenvalue weighted by Gasteiger charge is 2.36. The van der Waals surface area contributed by atoms with Gasteiger partial charge in [0, 0.05) is 24.5 Å². The predicted molar refractivity (Wildman–Crippen MR) is 131 cm³/mol. The van der Waals surface area contributed by atoms with Crippen molar-refractivity contribution in [3.05, 3.63) is 48.0 Å². The van der Waals surface area contributed by atoms with E-state index in [1.165, 1.54) is 0 Å². The zero-order chi connectivity index (χ0) is 23.8. The first-order valence-corrected chi connectivity index (χ1v) is 11.4. The number of aryl methyl sites for hydroxylation is 1. The standard InChI is InChI=1S/C26H32N4O3/c1-16-11-12-18-20(14-16)27-23(19-9-5-6-10-21(19)31)29-24(18)30-13-7-8-17(15-30)22(26(2,3)4)28-25(32)33/h5-6,9-12,14,17,22,28,31H,7-8,13,15H2,1-4H3,(H,32,33). The van der Waals surface area contributed by atoms with Gasteiger partial charge < -0.3 is 20.4 Å². The molecule has 0 bridgehead atoms. The smallest absolute Gasteiger partial charge is 0.404 e. The molecule has 1 aliphatic heterocycles. The fourth-order valence-electron chi connectivity index (χ4n) is 4.90. The van der Waals surface area contributed by atoms with Crippen LogP contribution in [0, 0.1) is 18.3 Å². The molecule has 2 aromatic carbocycles. The molecule has 7 nitrogen and oxygen atoms in total. The first-order valence-electron chi connectivity index (χ1n) is 11.4. The SMILES string of the molecule is Cc1ccc2c(N3CCCC(C(NC(=O)O)C(C)(C)C)C3)nc(-c3ccccc3O)nc2c1. The van der Waals surface area contributed by atoms with Gasteiger partial charge >= 0.3 is 6.09 Å². The highest BCUT2D eigenvalue weighted by Crippen LogP contribution is 2.36. The summed E-state index contributed by atoms with van der Waals surface area (Å²) in [6.45, 7) is 9.79. The number of piperidine rings is 1. The van der Waals surface area contributed by atoms with E-state index >= 15 is 0 Å². The first kappa shape index (κ1) is 22.8. The summed E-state index contributed by atoms with van der Waals surface area (Å²) in [6.07, 6.45) is 0.909. The number of para-hydroxylation sites is 1. The van der Waals surface area contributed by atoms with Crippen molar-refractivity contribution in [2.45, 2.75) is 46.6 Å². The van der Waals surface area contributed by atoms with Gasteiger partial charge in [-0.05, 0) is 60.9 Å². The molecule has 3 aromatic rings. The number of aromatic nitrogens is 2. The molecule has 2 unspecified atom stereocenters. The van der Waals surface area contributed by atoms with E-state index in [-0.39, 0.29) is 23.1 Å². The molecule has 0 saturated carbocycles. The molecule has 1 aromatic heterocycles. The molecule has 0 spiro atoms. The number of aromatic hydroxyl groups is 1. The molecule has 1 fully saturated rings.